The lowest BCUT2D eigenvalue weighted by Crippen LogP contribution is -2.30. The number of benzene rings is 2. The van der Waals surface area contributed by atoms with Crippen molar-refractivity contribution in [2.75, 3.05) is 5.32 Å². The van der Waals surface area contributed by atoms with Crippen LogP contribution in [-0.4, -0.2) is 22.2 Å². The molecule has 0 bridgehead atoms. The van der Waals surface area contributed by atoms with E-state index < -0.39 is 17.8 Å². The molecule has 3 aromatic rings. The molecule has 1 atom stereocenters. The van der Waals surface area contributed by atoms with Gasteiger partial charge in [-0.2, -0.15) is 0 Å². The van der Waals surface area contributed by atoms with Gasteiger partial charge < -0.3 is 4.74 Å². The summed E-state index contributed by atoms with van der Waals surface area (Å²) in [6.45, 7) is 1.51. The quantitative estimate of drug-likeness (QED) is 0.461. The number of carbonyl (C=O) groups excluding carboxylic acids is 1. The molecule has 2 aromatic carbocycles. The molecule has 0 aliphatic rings. The van der Waals surface area contributed by atoms with Crippen LogP contribution < -0.4 is 10.1 Å². The van der Waals surface area contributed by atoms with Crippen molar-refractivity contribution < 1.29 is 18.3 Å². The second kappa shape index (κ2) is 8.92. The van der Waals surface area contributed by atoms with Crippen molar-refractivity contribution in [2.45, 2.75) is 23.1 Å². The summed E-state index contributed by atoms with van der Waals surface area (Å²) in [6, 6.07) is 12.4. The molecule has 3 rings (SSSR count). The normalized spacial score (nSPS) is 11.8. The summed E-state index contributed by atoms with van der Waals surface area (Å²) >= 11 is 2.49. The average Bonchev–Trinajstić information content (AvgIpc) is 3.10. The molecular weight excluding hydrogens is 392 g/mol. The molecule has 0 aliphatic heterocycles. The smallest absolute Gasteiger partial charge is 0.266 e. The van der Waals surface area contributed by atoms with E-state index >= 15 is 0 Å². The number of nitrogens with zero attached hydrogens (tertiary/aromatic N) is 2. The zero-order valence-electron chi connectivity index (χ0n) is 14.2. The molecule has 1 heterocycles. The van der Waals surface area contributed by atoms with Gasteiger partial charge in [0.05, 0.1) is 0 Å². The molecule has 0 saturated heterocycles. The fraction of sp³-hybridized carbons (Fsp3) is 0.167. The highest BCUT2D eigenvalue weighted by Gasteiger charge is 2.18. The molecule has 140 valence electrons. The van der Waals surface area contributed by atoms with Crippen molar-refractivity contribution in [3.8, 4) is 5.75 Å². The van der Waals surface area contributed by atoms with Gasteiger partial charge in [0.25, 0.3) is 5.91 Å². The fourth-order valence-electron chi connectivity index (χ4n) is 2.06. The molecule has 0 saturated carbocycles. The lowest BCUT2D eigenvalue weighted by Gasteiger charge is -2.13. The highest BCUT2D eigenvalue weighted by atomic mass is 32.2. The molecule has 27 heavy (non-hydrogen) atoms. The second-order valence-corrected chi connectivity index (χ2v) is 7.63. The van der Waals surface area contributed by atoms with E-state index in [2.05, 4.69) is 15.5 Å². The van der Waals surface area contributed by atoms with Crippen LogP contribution >= 0.6 is 23.1 Å². The predicted octanol–water partition coefficient (Wildman–Crippen LogP) is 4.51. The molecule has 0 fully saturated rings. The molecule has 0 radical (unpaired) electrons. The number of anilines is 1. The first-order valence-electron chi connectivity index (χ1n) is 7.94. The Morgan fingerprint density at radius 2 is 1.85 bits per heavy atom. The van der Waals surface area contributed by atoms with Gasteiger partial charge in [-0.1, -0.05) is 53.4 Å². The SMILES string of the molecule is CC(Oc1ccccc1F)C(=O)Nc1nnc(SCc2ccccc2F)s1. The van der Waals surface area contributed by atoms with E-state index in [1.807, 2.05) is 0 Å². The summed E-state index contributed by atoms with van der Waals surface area (Å²) in [7, 11) is 0. The third-order valence-corrected chi connectivity index (χ3v) is 5.48. The Balaban J connectivity index is 1.54. The van der Waals surface area contributed by atoms with Gasteiger partial charge in [0.15, 0.2) is 22.0 Å². The summed E-state index contributed by atoms with van der Waals surface area (Å²) in [5, 5.41) is 10.7. The van der Waals surface area contributed by atoms with Gasteiger partial charge in [0, 0.05) is 5.75 Å². The molecule has 0 spiro atoms. The van der Waals surface area contributed by atoms with Gasteiger partial charge in [-0.3, -0.25) is 10.1 Å². The topological polar surface area (TPSA) is 64.1 Å². The van der Waals surface area contributed by atoms with E-state index in [1.165, 1.54) is 54.3 Å². The third-order valence-electron chi connectivity index (χ3n) is 3.46. The van der Waals surface area contributed by atoms with E-state index in [9.17, 15) is 13.6 Å². The zero-order valence-corrected chi connectivity index (χ0v) is 15.8. The van der Waals surface area contributed by atoms with Crippen molar-refractivity contribution >= 4 is 34.1 Å². The first-order chi connectivity index (χ1) is 13.0. The van der Waals surface area contributed by atoms with E-state index in [4.69, 9.17) is 4.74 Å². The first-order valence-corrected chi connectivity index (χ1v) is 9.75. The monoisotopic (exact) mass is 407 g/mol. The summed E-state index contributed by atoms with van der Waals surface area (Å²) in [5.74, 6) is -0.886. The Labute approximate surface area is 162 Å². The molecular formula is C18H15F2N3O2S2. The minimum atomic E-state index is -0.916. The van der Waals surface area contributed by atoms with E-state index in [-0.39, 0.29) is 11.6 Å². The Hall–Kier alpha value is -2.52. The number of thioether (sulfide) groups is 1. The average molecular weight is 407 g/mol. The van der Waals surface area contributed by atoms with Crippen molar-refractivity contribution in [1.82, 2.24) is 10.2 Å². The number of ether oxygens (including phenoxy) is 1. The molecule has 1 N–H and O–H groups in total. The number of hydrogen-bond acceptors (Lipinski definition) is 6. The van der Waals surface area contributed by atoms with Crippen LogP contribution in [0.5, 0.6) is 5.75 Å². The van der Waals surface area contributed by atoms with Crippen LogP contribution in [0.25, 0.3) is 0 Å². The number of rotatable bonds is 7. The van der Waals surface area contributed by atoms with Gasteiger partial charge in [0.1, 0.15) is 5.82 Å². The number of halogens is 2. The van der Waals surface area contributed by atoms with Gasteiger partial charge in [-0.05, 0) is 30.7 Å². The van der Waals surface area contributed by atoms with Crippen LogP contribution in [0.1, 0.15) is 12.5 Å². The maximum Gasteiger partial charge on any atom is 0.266 e. The maximum atomic E-state index is 13.6. The van der Waals surface area contributed by atoms with Crippen LogP contribution in [0.4, 0.5) is 13.9 Å². The zero-order chi connectivity index (χ0) is 19.2. The van der Waals surface area contributed by atoms with Crippen LogP contribution in [0.2, 0.25) is 0 Å². The van der Waals surface area contributed by atoms with Crippen molar-refractivity contribution in [3.05, 3.63) is 65.7 Å². The lowest BCUT2D eigenvalue weighted by molar-refractivity contribution is -0.122. The van der Waals surface area contributed by atoms with Crippen molar-refractivity contribution in [3.63, 3.8) is 0 Å². The number of carbonyl (C=O) groups is 1. The highest BCUT2D eigenvalue weighted by Crippen LogP contribution is 2.29. The molecule has 9 heteroatoms. The minimum absolute atomic E-state index is 0.00135. The van der Waals surface area contributed by atoms with Crippen LogP contribution in [0.3, 0.4) is 0 Å². The van der Waals surface area contributed by atoms with Gasteiger partial charge in [0.2, 0.25) is 5.13 Å². The van der Waals surface area contributed by atoms with Crippen LogP contribution in [0, 0.1) is 11.6 Å². The van der Waals surface area contributed by atoms with E-state index in [0.29, 0.717) is 20.8 Å². The van der Waals surface area contributed by atoms with Crippen LogP contribution in [-0.2, 0) is 10.5 Å². The first kappa shape index (κ1) is 19.2. The summed E-state index contributed by atoms with van der Waals surface area (Å²) in [5.41, 5.74) is 0.565. The van der Waals surface area contributed by atoms with Crippen molar-refractivity contribution in [1.29, 1.82) is 0 Å². The van der Waals surface area contributed by atoms with Crippen LogP contribution in [0.15, 0.2) is 52.9 Å². The van der Waals surface area contributed by atoms with Gasteiger partial charge in [-0.15, -0.1) is 10.2 Å². The Morgan fingerprint density at radius 3 is 2.59 bits per heavy atom. The Morgan fingerprint density at radius 1 is 1.15 bits per heavy atom. The summed E-state index contributed by atoms with van der Waals surface area (Å²) < 4.78 is 33.1. The number of hydrogen-bond donors (Lipinski definition) is 1. The van der Waals surface area contributed by atoms with Gasteiger partial charge in [-0.25, -0.2) is 8.78 Å². The Kier molecular flexibility index (Phi) is 6.36. The third kappa shape index (κ3) is 5.24. The van der Waals surface area contributed by atoms with Crippen molar-refractivity contribution in [2.24, 2.45) is 0 Å². The standard InChI is InChI=1S/C18H15F2N3O2S2/c1-11(25-15-9-5-4-8-14(15)20)16(24)21-17-22-23-18(27-17)26-10-12-6-2-3-7-13(12)19/h2-9,11H,10H2,1H3,(H,21,22,24). The fourth-order valence-corrected chi connectivity index (χ4v) is 3.81. The van der Waals surface area contributed by atoms with E-state index in [0.717, 1.165) is 0 Å². The summed E-state index contributed by atoms with van der Waals surface area (Å²) in [6.07, 6.45) is -0.916. The van der Waals surface area contributed by atoms with Gasteiger partial charge >= 0.3 is 0 Å². The maximum absolute atomic E-state index is 13.6. The molecule has 1 aromatic heterocycles. The molecule has 1 unspecified atom stereocenters. The number of nitrogens with one attached hydrogen (secondary N) is 1. The second-order valence-electron chi connectivity index (χ2n) is 5.43. The highest BCUT2D eigenvalue weighted by molar-refractivity contribution is 8.00. The summed E-state index contributed by atoms with van der Waals surface area (Å²) in [4.78, 5) is 12.2. The number of amides is 1. The predicted molar refractivity (Wildman–Crippen MR) is 101 cm³/mol. The molecule has 1 amide bonds. The lowest BCUT2D eigenvalue weighted by atomic mass is 10.2. The number of para-hydroxylation sites is 1. The molecule has 0 aliphatic carbocycles. The number of aromatic nitrogens is 2. The molecule has 5 nitrogen and oxygen atoms in total. The largest absolute Gasteiger partial charge is 0.478 e. The van der Waals surface area contributed by atoms with E-state index in [1.54, 1.807) is 24.3 Å². The minimum Gasteiger partial charge on any atom is -0.478 e. The Bertz CT molecular complexity index is 936.